The molecule has 7 heteroatoms. The van der Waals surface area contributed by atoms with Crippen LogP contribution in [0.3, 0.4) is 0 Å². The number of nitrogens with zero attached hydrogens (tertiary/aromatic N) is 2. The van der Waals surface area contributed by atoms with Gasteiger partial charge in [0.1, 0.15) is 5.69 Å². The first-order valence-corrected chi connectivity index (χ1v) is 9.58. The van der Waals surface area contributed by atoms with Crippen LogP contribution in [0.2, 0.25) is 0 Å². The van der Waals surface area contributed by atoms with Crippen molar-refractivity contribution in [2.75, 3.05) is 31.6 Å². The summed E-state index contributed by atoms with van der Waals surface area (Å²) in [5, 5.41) is 3.83. The summed E-state index contributed by atoms with van der Waals surface area (Å²) in [5.74, 6) is 0. The molecule has 1 N–H and O–H groups in total. The van der Waals surface area contributed by atoms with Gasteiger partial charge in [-0.1, -0.05) is 48.5 Å². The number of hydrogen-bond donors (Lipinski definition) is 1. The number of anilines is 1. The molecule has 0 saturated carbocycles. The summed E-state index contributed by atoms with van der Waals surface area (Å²) in [6, 6.07) is 18.1. The molecule has 3 aromatic rings. The number of aromatic nitrogens is 1. The summed E-state index contributed by atoms with van der Waals surface area (Å²) in [6.45, 7) is 3.41. The summed E-state index contributed by atoms with van der Waals surface area (Å²) in [4.78, 5) is 6.06. The molecule has 2 heterocycles. The molecule has 0 unspecified atom stereocenters. The third-order valence-electron chi connectivity index (χ3n) is 5.00. The normalized spacial score (nSPS) is 18.1. The average molecular weight is 401 g/mol. The highest BCUT2D eigenvalue weighted by Crippen LogP contribution is 2.33. The van der Waals surface area contributed by atoms with Crippen molar-refractivity contribution in [3.05, 3.63) is 71.9 Å². The van der Waals surface area contributed by atoms with Gasteiger partial charge in [-0.3, -0.25) is 4.90 Å². The molecular weight excluding hydrogens is 379 g/mol. The lowest BCUT2D eigenvalue weighted by atomic mass is 10.1. The lowest BCUT2D eigenvalue weighted by molar-refractivity contribution is -0.140. The van der Waals surface area contributed by atoms with Gasteiger partial charge >= 0.3 is 6.18 Å². The summed E-state index contributed by atoms with van der Waals surface area (Å²) < 4.78 is 45.5. The third kappa shape index (κ3) is 4.86. The predicted molar refractivity (Wildman–Crippen MR) is 107 cm³/mol. The van der Waals surface area contributed by atoms with Crippen LogP contribution in [-0.2, 0) is 17.5 Å². The zero-order valence-electron chi connectivity index (χ0n) is 15.8. The van der Waals surface area contributed by atoms with Crippen molar-refractivity contribution < 1.29 is 17.9 Å². The van der Waals surface area contributed by atoms with E-state index in [0.29, 0.717) is 29.7 Å². The third-order valence-corrected chi connectivity index (χ3v) is 5.00. The van der Waals surface area contributed by atoms with Crippen molar-refractivity contribution in [2.24, 2.45) is 0 Å². The molecular formula is C22H22F3N3O. The maximum atomic E-state index is 13.2. The van der Waals surface area contributed by atoms with Gasteiger partial charge in [0.15, 0.2) is 0 Å². The molecule has 1 aliphatic heterocycles. The number of morpholine rings is 1. The Morgan fingerprint density at radius 2 is 1.83 bits per heavy atom. The van der Waals surface area contributed by atoms with Gasteiger partial charge < -0.3 is 10.1 Å². The SMILES string of the molecule is FC(F)(F)c1cc(NC[C@H]2CN(Cc3ccccc3)CCO2)c2ccccc2n1. The fourth-order valence-electron chi connectivity index (χ4n) is 3.58. The number of halogens is 3. The van der Waals surface area contributed by atoms with Crippen molar-refractivity contribution in [1.82, 2.24) is 9.88 Å². The van der Waals surface area contributed by atoms with Crippen molar-refractivity contribution in [1.29, 1.82) is 0 Å². The van der Waals surface area contributed by atoms with E-state index < -0.39 is 11.9 Å². The van der Waals surface area contributed by atoms with E-state index in [2.05, 4.69) is 27.3 Å². The summed E-state index contributed by atoms with van der Waals surface area (Å²) in [7, 11) is 0. The highest BCUT2D eigenvalue weighted by molar-refractivity contribution is 5.91. The fourth-order valence-corrected chi connectivity index (χ4v) is 3.58. The molecule has 1 aliphatic rings. The molecule has 0 aliphatic carbocycles. The molecule has 29 heavy (non-hydrogen) atoms. The van der Waals surface area contributed by atoms with E-state index in [1.807, 2.05) is 18.2 Å². The van der Waals surface area contributed by atoms with Gasteiger partial charge in [-0.2, -0.15) is 13.2 Å². The van der Waals surface area contributed by atoms with Gasteiger partial charge in [0.2, 0.25) is 0 Å². The van der Waals surface area contributed by atoms with Crippen molar-refractivity contribution >= 4 is 16.6 Å². The van der Waals surface area contributed by atoms with Gasteiger partial charge in [0, 0.05) is 37.3 Å². The molecule has 0 amide bonds. The van der Waals surface area contributed by atoms with Gasteiger partial charge in [-0.05, 0) is 17.7 Å². The maximum Gasteiger partial charge on any atom is 0.433 e. The molecule has 0 radical (unpaired) electrons. The lowest BCUT2D eigenvalue weighted by Gasteiger charge is -2.33. The van der Waals surface area contributed by atoms with Crippen LogP contribution < -0.4 is 5.32 Å². The maximum absolute atomic E-state index is 13.2. The monoisotopic (exact) mass is 401 g/mol. The first-order chi connectivity index (χ1) is 14.0. The fraction of sp³-hybridized carbons (Fsp3) is 0.318. The Morgan fingerprint density at radius 3 is 2.62 bits per heavy atom. The largest absolute Gasteiger partial charge is 0.433 e. The number of nitrogens with one attached hydrogen (secondary N) is 1. The highest BCUT2D eigenvalue weighted by atomic mass is 19.4. The smallest absolute Gasteiger partial charge is 0.382 e. The molecule has 1 atom stereocenters. The first-order valence-electron chi connectivity index (χ1n) is 9.58. The predicted octanol–water partition coefficient (Wildman–Crippen LogP) is 4.57. The molecule has 4 nitrogen and oxygen atoms in total. The van der Waals surface area contributed by atoms with Crippen molar-refractivity contribution in [2.45, 2.75) is 18.8 Å². The second kappa shape index (κ2) is 8.39. The minimum absolute atomic E-state index is 0.103. The number of ether oxygens (including phenoxy) is 1. The van der Waals surface area contributed by atoms with Crippen LogP contribution >= 0.6 is 0 Å². The van der Waals surface area contributed by atoms with E-state index in [0.717, 1.165) is 25.7 Å². The van der Waals surface area contributed by atoms with Crippen LogP contribution in [-0.4, -0.2) is 42.2 Å². The van der Waals surface area contributed by atoms with Crippen LogP contribution in [0.15, 0.2) is 60.7 Å². The van der Waals surface area contributed by atoms with E-state index >= 15 is 0 Å². The number of hydrogen-bond acceptors (Lipinski definition) is 4. The summed E-state index contributed by atoms with van der Waals surface area (Å²) in [6.07, 6.45) is -4.59. The van der Waals surface area contributed by atoms with Gasteiger partial charge in [0.25, 0.3) is 0 Å². The Labute approximate surface area is 167 Å². The van der Waals surface area contributed by atoms with Crippen molar-refractivity contribution in [3.63, 3.8) is 0 Å². The van der Waals surface area contributed by atoms with Crippen molar-refractivity contribution in [3.8, 4) is 0 Å². The minimum atomic E-state index is -4.49. The number of benzene rings is 2. The molecule has 4 rings (SSSR count). The number of fused-ring (bicyclic) bond motifs is 1. The molecule has 2 aromatic carbocycles. The van der Waals surface area contributed by atoms with Crippen LogP contribution in [0.25, 0.3) is 10.9 Å². The molecule has 0 bridgehead atoms. The van der Waals surface area contributed by atoms with Crippen LogP contribution in [0.1, 0.15) is 11.3 Å². The van der Waals surface area contributed by atoms with E-state index in [-0.39, 0.29) is 6.10 Å². The Hall–Kier alpha value is -2.64. The van der Waals surface area contributed by atoms with Gasteiger partial charge in [0.05, 0.1) is 18.2 Å². The molecule has 152 valence electrons. The van der Waals surface area contributed by atoms with E-state index in [4.69, 9.17) is 4.74 Å². The van der Waals surface area contributed by atoms with Crippen LogP contribution in [0.5, 0.6) is 0 Å². The minimum Gasteiger partial charge on any atom is -0.382 e. The molecule has 1 aromatic heterocycles. The van der Waals surface area contributed by atoms with Crippen LogP contribution in [0.4, 0.5) is 18.9 Å². The topological polar surface area (TPSA) is 37.4 Å². The quantitative estimate of drug-likeness (QED) is 0.680. The molecule has 1 fully saturated rings. The van der Waals surface area contributed by atoms with Gasteiger partial charge in [-0.25, -0.2) is 4.98 Å². The number of pyridine rings is 1. The standard InChI is InChI=1S/C22H22F3N3O/c23-22(24,25)21-12-20(18-8-4-5-9-19(18)27-21)26-13-17-15-28(10-11-29-17)14-16-6-2-1-3-7-16/h1-9,12,17H,10-11,13-15H2,(H,26,27)/t17-/m0/s1. The zero-order chi connectivity index (χ0) is 20.3. The number of para-hydroxylation sites is 1. The Bertz CT molecular complexity index is 962. The zero-order valence-corrected chi connectivity index (χ0v) is 15.8. The van der Waals surface area contributed by atoms with Gasteiger partial charge in [-0.15, -0.1) is 0 Å². The molecule has 0 spiro atoms. The number of alkyl halides is 3. The second-order valence-corrected chi connectivity index (χ2v) is 7.16. The summed E-state index contributed by atoms with van der Waals surface area (Å²) >= 11 is 0. The molecule has 1 saturated heterocycles. The Kier molecular flexibility index (Phi) is 5.69. The van der Waals surface area contributed by atoms with E-state index in [9.17, 15) is 13.2 Å². The average Bonchev–Trinajstić information content (AvgIpc) is 2.72. The number of rotatable bonds is 5. The van der Waals surface area contributed by atoms with E-state index in [1.54, 1.807) is 24.3 Å². The lowest BCUT2D eigenvalue weighted by Crippen LogP contribution is -2.44. The Balaban J connectivity index is 1.46. The van der Waals surface area contributed by atoms with Crippen LogP contribution in [0, 0.1) is 0 Å². The second-order valence-electron chi connectivity index (χ2n) is 7.16. The van der Waals surface area contributed by atoms with E-state index in [1.165, 1.54) is 5.56 Å². The Morgan fingerprint density at radius 1 is 1.07 bits per heavy atom. The summed E-state index contributed by atoms with van der Waals surface area (Å²) in [5.41, 5.74) is 1.08. The first kappa shape index (κ1) is 19.7. The highest BCUT2D eigenvalue weighted by Gasteiger charge is 2.33.